The Kier molecular flexibility index (Phi) is 3.93. The highest BCUT2D eigenvalue weighted by Crippen LogP contribution is 2.51. The molecule has 1 aliphatic carbocycles. The molecule has 3 atom stereocenters. The summed E-state index contributed by atoms with van der Waals surface area (Å²) in [5.74, 6) is 0.529. The maximum absolute atomic E-state index is 12.5. The van der Waals surface area contributed by atoms with Crippen LogP contribution in [0.1, 0.15) is 24.3 Å². The third kappa shape index (κ3) is 2.54. The van der Waals surface area contributed by atoms with Gasteiger partial charge in [-0.3, -0.25) is 4.79 Å². The number of likely N-dealkylation sites (N-methyl/N-ethyl adjacent to an activating group) is 1. The average Bonchev–Trinajstić information content (AvgIpc) is 3.04. The molecule has 108 valence electrons. The highest BCUT2D eigenvalue weighted by atomic mass is 35.5. The molecule has 3 rings (SSSR count). The zero-order valence-electron chi connectivity index (χ0n) is 11.4. The van der Waals surface area contributed by atoms with Gasteiger partial charge in [0, 0.05) is 25.6 Å². The third-order valence-electron chi connectivity index (χ3n) is 4.42. The van der Waals surface area contributed by atoms with Crippen molar-refractivity contribution in [1.29, 1.82) is 0 Å². The van der Waals surface area contributed by atoms with Crippen LogP contribution in [-0.2, 0) is 4.79 Å². The Labute approximate surface area is 129 Å². The first kappa shape index (κ1) is 14.2. The van der Waals surface area contributed by atoms with Gasteiger partial charge in [0.05, 0.1) is 10.0 Å². The number of halogens is 2. The minimum absolute atomic E-state index is 0.0663. The van der Waals surface area contributed by atoms with E-state index in [1.54, 1.807) is 6.07 Å². The van der Waals surface area contributed by atoms with Gasteiger partial charge in [-0.05, 0) is 36.9 Å². The van der Waals surface area contributed by atoms with Gasteiger partial charge in [-0.2, -0.15) is 0 Å². The van der Waals surface area contributed by atoms with Crippen molar-refractivity contribution in [1.82, 2.24) is 10.2 Å². The minimum Gasteiger partial charge on any atom is -0.341 e. The molecule has 0 unspecified atom stereocenters. The highest BCUT2D eigenvalue weighted by molar-refractivity contribution is 6.42. The lowest BCUT2D eigenvalue weighted by molar-refractivity contribution is -0.133. The Morgan fingerprint density at radius 2 is 2.20 bits per heavy atom. The van der Waals surface area contributed by atoms with Crippen LogP contribution in [0.25, 0.3) is 0 Å². The summed E-state index contributed by atoms with van der Waals surface area (Å²) in [5, 5.41) is 4.46. The molecule has 0 aromatic heterocycles. The first-order valence-electron chi connectivity index (χ1n) is 7.01. The summed E-state index contributed by atoms with van der Waals surface area (Å²) < 4.78 is 0. The van der Waals surface area contributed by atoms with Crippen molar-refractivity contribution in [2.45, 2.75) is 24.8 Å². The first-order chi connectivity index (χ1) is 9.59. The summed E-state index contributed by atoms with van der Waals surface area (Å²) >= 11 is 12.3. The molecular formula is C15H18Cl2N2O. The summed E-state index contributed by atoms with van der Waals surface area (Å²) in [6, 6.07) is 5.99. The predicted octanol–water partition coefficient (Wildman–Crippen LogP) is 2.92. The molecule has 1 aliphatic heterocycles. The largest absolute Gasteiger partial charge is 0.341 e. The van der Waals surface area contributed by atoms with E-state index in [4.69, 9.17) is 23.2 Å². The van der Waals surface area contributed by atoms with Crippen LogP contribution < -0.4 is 5.32 Å². The molecule has 0 bridgehead atoms. The summed E-state index contributed by atoms with van der Waals surface area (Å²) in [5.41, 5.74) is 1.01. The fourth-order valence-electron chi connectivity index (χ4n) is 3.03. The Hall–Kier alpha value is -0.770. The molecule has 0 radical (unpaired) electrons. The number of benzene rings is 1. The van der Waals surface area contributed by atoms with E-state index in [0.717, 1.165) is 31.5 Å². The molecule has 1 saturated carbocycles. The zero-order valence-corrected chi connectivity index (χ0v) is 12.9. The van der Waals surface area contributed by atoms with Gasteiger partial charge in [0.2, 0.25) is 5.91 Å². The van der Waals surface area contributed by atoms with Crippen LogP contribution in [0.15, 0.2) is 18.2 Å². The fraction of sp³-hybridized carbons (Fsp3) is 0.533. The molecule has 1 amide bonds. The molecule has 1 saturated heterocycles. The monoisotopic (exact) mass is 312 g/mol. The Bertz CT molecular complexity index is 529. The Morgan fingerprint density at radius 3 is 2.90 bits per heavy atom. The minimum atomic E-state index is 0.0663. The molecule has 1 aromatic rings. The normalized spacial score (nSPS) is 28.4. The first-order valence-corrected chi connectivity index (χ1v) is 7.76. The van der Waals surface area contributed by atoms with Crippen molar-refractivity contribution in [3.05, 3.63) is 33.8 Å². The molecule has 2 aliphatic rings. The van der Waals surface area contributed by atoms with E-state index >= 15 is 0 Å². The van der Waals surface area contributed by atoms with E-state index in [1.165, 1.54) is 0 Å². The van der Waals surface area contributed by atoms with Gasteiger partial charge in [0.1, 0.15) is 0 Å². The number of hydrogen-bond acceptors (Lipinski definition) is 2. The molecule has 20 heavy (non-hydrogen) atoms. The summed E-state index contributed by atoms with van der Waals surface area (Å²) in [7, 11) is 1.91. The van der Waals surface area contributed by atoms with Crippen molar-refractivity contribution < 1.29 is 4.79 Å². The average molecular weight is 313 g/mol. The number of amides is 1. The van der Waals surface area contributed by atoms with Crippen LogP contribution in [0.4, 0.5) is 0 Å². The SMILES string of the molecule is CN(C(=O)[C@@H]1C[C@@H]1c1cccc(Cl)c1Cl)[C@H]1CCNC1. The van der Waals surface area contributed by atoms with E-state index in [1.807, 2.05) is 24.1 Å². The number of nitrogens with zero attached hydrogens (tertiary/aromatic N) is 1. The van der Waals surface area contributed by atoms with Crippen LogP contribution in [0.5, 0.6) is 0 Å². The van der Waals surface area contributed by atoms with Crippen molar-refractivity contribution in [3.8, 4) is 0 Å². The van der Waals surface area contributed by atoms with Gasteiger partial charge in [0.25, 0.3) is 0 Å². The van der Waals surface area contributed by atoms with Crippen LogP contribution in [0.2, 0.25) is 10.0 Å². The van der Waals surface area contributed by atoms with Gasteiger partial charge in [0.15, 0.2) is 0 Å². The summed E-state index contributed by atoms with van der Waals surface area (Å²) in [6.07, 6.45) is 1.92. The Balaban J connectivity index is 1.69. The fourth-order valence-corrected chi connectivity index (χ4v) is 3.48. The second kappa shape index (κ2) is 5.55. The predicted molar refractivity (Wildman–Crippen MR) is 81.4 cm³/mol. The van der Waals surface area contributed by atoms with Crippen molar-refractivity contribution in [3.63, 3.8) is 0 Å². The second-order valence-electron chi connectivity index (χ2n) is 5.69. The lowest BCUT2D eigenvalue weighted by atomic mass is 10.1. The van der Waals surface area contributed by atoms with Crippen LogP contribution in [0.3, 0.4) is 0 Å². The van der Waals surface area contributed by atoms with E-state index in [2.05, 4.69) is 5.32 Å². The molecule has 5 heteroatoms. The molecule has 2 fully saturated rings. The quantitative estimate of drug-likeness (QED) is 0.930. The van der Waals surface area contributed by atoms with E-state index in [0.29, 0.717) is 16.1 Å². The number of rotatable bonds is 3. The standard InChI is InChI=1S/C15H18Cl2N2O/c1-19(9-5-6-18-8-9)15(20)12-7-11(12)10-3-2-4-13(16)14(10)17/h2-4,9,11-12,18H,5-8H2,1H3/t9-,11+,12+/m0/s1. The molecule has 1 N–H and O–H groups in total. The molecule has 1 aromatic carbocycles. The lowest BCUT2D eigenvalue weighted by Crippen LogP contribution is -2.39. The van der Waals surface area contributed by atoms with Crippen LogP contribution in [0, 0.1) is 5.92 Å². The number of carbonyl (C=O) groups is 1. The second-order valence-corrected chi connectivity index (χ2v) is 6.47. The van der Waals surface area contributed by atoms with Gasteiger partial charge >= 0.3 is 0 Å². The van der Waals surface area contributed by atoms with Crippen molar-refractivity contribution >= 4 is 29.1 Å². The van der Waals surface area contributed by atoms with Gasteiger partial charge in [-0.1, -0.05) is 35.3 Å². The topological polar surface area (TPSA) is 32.3 Å². The van der Waals surface area contributed by atoms with Crippen molar-refractivity contribution in [2.24, 2.45) is 5.92 Å². The van der Waals surface area contributed by atoms with E-state index in [-0.39, 0.29) is 17.7 Å². The number of nitrogens with one attached hydrogen (secondary N) is 1. The summed E-state index contributed by atoms with van der Waals surface area (Å²) in [4.78, 5) is 14.4. The van der Waals surface area contributed by atoms with Crippen LogP contribution >= 0.6 is 23.2 Å². The lowest BCUT2D eigenvalue weighted by Gasteiger charge is -2.24. The highest BCUT2D eigenvalue weighted by Gasteiger charge is 2.47. The number of carbonyl (C=O) groups excluding carboxylic acids is 1. The Morgan fingerprint density at radius 1 is 1.40 bits per heavy atom. The van der Waals surface area contributed by atoms with Crippen LogP contribution in [-0.4, -0.2) is 37.0 Å². The zero-order chi connectivity index (χ0) is 14.3. The van der Waals surface area contributed by atoms with Gasteiger partial charge < -0.3 is 10.2 Å². The van der Waals surface area contributed by atoms with Gasteiger partial charge in [-0.25, -0.2) is 0 Å². The molecule has 0 spiro atoms. The maximum atomic E-state index is 12.5. The van der Waals surface area contributed by atoms with Gasteiger partial charge in [-0.15, -0.1) is 0 Å². The molecule has 3 nitrogen and oxygen atoms in total. The smallest absolute Gasteiger partial charge is 0.226 e. The third-order valence-corrected chi connectivity index (χ3v) is 5.25. The van der Waals surface area contributed by atoms with E-state index in [9.17, 15) is 4.79 Å². The summed E-state index contributed by atoms with van der Waals surface area (Å²) in [6.45, 7) is 1.90. The molecule has 1 heterocycles. The maximum Gasteiger partial charge on any atom is 0.226 e. The van der Waals surface area contributed by atoms with Crippen molar-refractivity contribution in [2.75, 3.05) is 20.1 Å². The van der Waals surface area contributed by atoms with E-state index < -0.39 is 0 Å². The molecular weight excluding hydrogens is 295 g/mol. The number of hydrogen-bond donors (Lipinski definition) is 1.